The second-order valence-corrected chi connectivity index (χ2v) is 6.00. The standard InChI is InChI=1S/C16H16FNO4S/c1-9-7-13(15(19)18-12(8-22-2)16(20)21)23-14(9)10-3-5-11(17)6-4-10/h3-7,12H,8H2,1-2H3,(H,18,19)(H,20,21). The lowest BCUT2D eigenvalue weighted by molar-refractivity contribution is -0.140. The van der Waals surface area contributed by atoms with E-state index in [9.17, 15) is 14.0 Å². The summed E-state index contributed by atoms with van der Waals surface area (Å²) in [6.45, 7) is 1.73. The first-order valence-electron chi connectivity index (χ1n) is 6.81. The summed E-state index contributed by atoms with van der Waals surface area (Å²) in [5, 5.41) is 11.5. The van der Waals surface area contributed by atoms with E-state index in [0.717, 1.165) is 16.0 Å². The molecule has 0 fully saturated rings. The Hall–Kier alpha value is -2.25. The molecule has 1 amide bonds. The van der Waals surface area contributed by atoms with Crippen molar-refractivity contribution in [2.24, 2.45) is 0 Å². The maximum absolute atomic E-state index is 13.0. The van der Waals surface area contributed by atoms with Gasteiger partial charge in [0.1, 0.15) is 5.82 Å². The van der Waals surface area contributed by atoms with Gasteiger partial charge in [0, 0.05) is 12.0 Å². The summed E-state index contributed by atoms with van der Waals surface area (Å²) in [4.78, 5) is 24.5. The van der Waals surface area contributed by atoms with Crippen molar-refractivity contribution in [1.82, 2.24) is 5.32 Å². The van der Waals surface area contributed by atoms with Gasteiger partial charge in [-0.3, -0.25) is 4.79 Å². The molecule has 0 radical (unpaired) electrons. The number of benzene rings is 1. The van der Waals surface area contributed by atoms with Gasteiger partial charge in [-0.25, -0.2) is 9.18 Å². The van der Waals surface area contributed by atoms with Gasteiger partial charge in [-0.05, 0) is 36.2 Å². The van der Waals surface area contributed by atoms with Crippen LogP contribution in [0.3, 0.4) is 0 Å². The molecule has 0 aliphatic carbocycles. The number of carboxylic acid groups (broad SMARTS) is 1. The Kier molecular flexibility index (Phi) is 5.46. The van der Waals surface area contributed by atoms with Crippen molar-refractivity contribution in [1.29, 1.82) is 0 Å². The maximum Gasteiger partial charge on any atom is 0.328 e. The van der Waals surface area contributed by atoms with Crippen molar-refractivity contribution >= 4 is 23.2 Å². The van der Waals surface area contributed by atoms with Crippen LogP contribution in [0, 0.1) is 12.7 Å². The van der Waals surface area contributed by atoms with Gasteiger partial charge >= 0.3 is 5.97 Å². The van der Waals surface area contributed by atoms with E-state index in [2.05, 4.69) is 5.32 Å². The van der Waals surface area contributed by atoms with Crippen molar-refractivity contribution in [3.63, 3.8) is 0 Å². The van der Waals surface area contributed by atoms with Crippen molar-refractivity contribution in [3.8, 4) is 10.4 Å². The van der Waals surface area contributed by atoms with Crippen LogP contribution in [0.25, 0.3) is 10.4 Å². The number of halogens is 1. The van der Waals surface area contributed by atoms with Crippen molar-refractivity contribution in [3.05, 3.63) is 46.6 Å². The molecule has 0 saturated carbocycles. The predicted octanol–water partition coefficient (Wildman–Crippen LogP) is 2.69. The number of thiophene rings is 1. The SMILES string of the molecule is COCC(NC(=O)c1cc(C)c(-c2ccc(F)cc2)s1)C(=O)O. The van der Waals surface area contributed by atoms with E-state index in [1.807, 2.05) is 6.92 Å². The van der Waals surface area contributed by atoms with E-state index in [1.54, 1.807) is 18.2 Å². The van der Waals surface area contributed by atoms with Crippen LogP contribution >= 0.6 is 11.3 Å². The van der Waals surface area contributed by atoms with Gasteiger partial charge in [0.15, 0.2) is 6.04 Å². The Labute approximate surface area is 136 Å². The minimum absolute atomic E-state index is 0.115. The monoisotopic (exact) mass is 337 g/mol. The highest BCUT2D eigenvalue weighted by molar-refractivity contribution is 7.17. The Morgan fingerprint density at radius 2 is 2.00 bits per heavy atom. The topological polar surface area (TPSA) is 75.6 Å². The average molecular weight is 337 g/mol. The van der Waals surface area contributed by atoms with Gasteiger partial charge in [-0.15, -0.1) is 11.3 Å². The number of ether oxygens (including phenoxy) is 1. The molecule has 0 aliphatic rings. The van der Waals surface area contributed by atoms with Crippen LogP contribution in [-0.2, 0) is 9.53 Å². The molecule has 2 rings (SSSR count). The van der Waals surface area contributed by atoms with E-state index in [4.69, 9.17) is 9.84 Å². The van der Waals surface area contributed by atoms with Crippen LogP contribution in [0.1, 0.15) is 15.2 Å². The van der Waals surface area contributed by atoms with Crippen LogP contribution < -0.4 is 5.32 Å². The summed E-state index contributed by atoms with van der Waals surface area (Å²) < 4.78 is 17.8. The van der Waals surface area contributed by atoms with E-state index < -0.39 is 17.9 Å². The Bertz CT molecular complexity index is 711. The lowest BCUT2D eigenvalue weighted by Gasteiger charge is -2.12. The molecule has 0 bridgehead atoms. The van der Waals surface area contributed by atoms with E-state index >= 15 is 0 Å². The maximum atomic E-state index is 13.0. The quantitative estimate of drug-likeness (QED) is 0.850. The lowest BCUT2D eigenvalue weighted by Crippen LogP contribution is -2.43. The number of amides is 1. The lowest BCUT2D eigenvalue weighted by atomic mass is 10.1. The minimum Gasteiger partial charge on any atom is -0.480 e. The summed E-state index contributed by atoms with van der Waals surface area (Å²) >= 11 is 1.23. The number of carboxylic acids is 1. The van der Waals surface area contributed by atoms with Crippen LogP contribution in [0.5, 0.6) is 0 Å². The number of rotatable bonds is 6. The second kappa shape index (κ2) is 7.34. The molecule has 122 valence electrons. The minimum atomic E-state index is -1.16. The van der Waals surface area contributed by atoms with Crippen molar-refractivity contribution in [2.75, 3.05) is 13.7 Å². The molecule has 7 heteroatoms. The highest BCUT2D eigenvalue weighted by atomic mass is 32.1. The highest BCUT2D eigenvalue weighted by Gasteiger charge is 2.22. The van der Waals surface area contributed by atoms with Gasteiger partial charge in [0.25, 0.3) is 5.91 Å². The first-order valence-corrected chi connectivity index (χ1v) is 7.63. The molecule has 1 aromatic carbocycles. The number of aryl methyl sites for hydroxylation is 1. The molecule has 0 saturated heterocycles. The number of aliphatic carboxylic acids is 1. The van der Waals surface area contributed by atoms with Crippen LogP contribution in [-0.4, -0.2) is 36.7 Å². The summed E-state index contributed by atoms with van der Waals surface area (Å²) in [7, 11) is 1.37. The molecule has 23 heavy (non-hydrogen) atoms. The zero-order valence-electron chi connectivity index (χ0n) is 12.6. The molecular weight excluding hydrogens is 321 g/mol. The third-order valence-electron chi connectivity index (χ3n) is 3.18. The molecule has 0 spiro atoms. The fraction of sp³-hybridized carbons (Fsp3) is 0.250. The van der Waals surface area contributed by atoms with Gasteiger partial charge in [0.2, 0.25) is 0 Å². The van der Waals surface area contributed by atoms with E-state index in [-0.39, 0.29) is 12.4 Å². The Morgan fingerprint density at radius 3 is 2.57 bits per heavy atom. The molecule has 1 atom stereocenters. The van der Waals surface area contributed by atoms with E-state index in [1.165, 1.54) is 30.6 Å². The molecule has 0 aliphatic heterocycles. The Morgan fingerprint density at radius 1 is 1.35 bits per heavy atom. The summed E-state index contributed by atoms with van der Waals surface area (Å²) in [5.74, 6) is -1.96. The van der Waals surface area contributed by atoms with Gasteiger partial charge in [-0.2, -0.15) is 0 Å². The predicted molar refractivity (Wildman–Crippen MR) is 85.2 cm³/mol. The highest BCUT2D eigenvalue weighted by Crippen LogP contribution is 2.32. The Balaban J connectivity index is 2.21. The molecule has 2 aromatic rings. The fourth-order valence-electron chi connectivity index (χ4n) is 2.05. The first kappa shape index (κ1) is 17.1. The van der Waals surface area contributed by atoms with E-state index in [0.29, 0.717) is 4.88 Å². The fourth-order valence-corrected chi connectivity index (χ4v) is 3.13. The van der Waals surface area contributed by atoms with Crippen LogP contribution in [0.15, 0.2) is 30.3 Å². The number of carbonyl (C=O) groups excluding carboxylic acids is 1. The molecule has 1 unspecified atom stereocenters. The number of nitrogens with one attached hydrogen (secondary N) is 1. The smallest absolute Gasteiger partial charge is 0.328 e. The summed E-state index contributed by atoms with van der Waals surface area (Å²) in [5.41, 5.74) is 1.67. The first-order chi connectivity index (χ1) is 10.9. The number of methoxy groups -OCH3 is 1. The van der Waals surface area contributed by atoms with Crippen molar-refractivity contribution in [2.45, 2.75) is 13.0 Å². The zero-order chi connectivity index (χ0) is 17.0. The molecule has 1 heterocycles. The largest absolute Gasteiger partial charge is 0.480 e. The molecule has 2 N–H and O–H groups in total. The average Bonchev–Trinajstić information content (AvgIpc) is 2.89. The van der Waals surface area contributed by atoms with Crippen LogP contribution in [0.2, 0.25) is 0 Å². The third-order valence-corrected chi connectivity index (χ3v) is 4.47. The van der Waals surface area contributed by atoms with Crippen molar-refractivity contribution < 1.29 is 23.8 Å². The number of hydrogen-bond acceptors (Lipinski definition) is 4. The summed E-state index contributed by atoms with van der Waals surface area (Å²) in [6.07, 6.45) is 0. The molecule has 5 nitrogen and oxygen atoms in total. The normalized spacial score (nSPS) is 12.0. The van der Waals surface area contributed by atoms with Gasteiger partial charge in [-0.1, -0.05) is 12.1 Å². The zero-order valence-corrected chi connectivity index (χ0v) is 13.4. The second-order valence-electron chi connectivity index (χ2n) is 4.95. The van der Waals surface area contributed by atoms with Gasteiger partial charge in [0.05, 0.1) is 11.5 Å². The molecule has 1 aromatic heterocycles. The molecular formula is C16H16FNO4S. The third kappa shape index (κ3) is 4.14. The number of carbonyl (C=O) groups is 2. The summed E-state index contributed by atoms with van der Waals surface area (Å²) in [6, 6.07) is 6.57. The number of hydrogen-bond donors (Lipinski definition) is 2. The van der Waals surface area contributed by atoms with Gasteiger partial charge < -0.3 is 15.2 Å². The van der Waals surface area contributed by atoms with Crippen LogP contribution in [0.4, 0.5) is 4.39 Å².